The first-order valence-corrected chi connectivity index (χ1v) is 9.00. The minimum atomic E-state index is -1.06. The van der Waals surface area contributed by atoms with Gasteiger partial charge in [0.2, 0.25) is 0 Å². The Morgan fingerprint density at radius 2 is 1.79 bits per heavy atom. The van der Waals surface area contributed by atoms with Gasteiger partial charge in [-0.05, 0) is 29.5 Å². The average molecular weight is 376 g/mol. The van der Waals surface area contributed by atoms with Crippen LogP contribution in [0.1, 0.15) is 28.5 Å². The van der Waals surface area contributed by atoms with Gasteiger partial charge in [-0.15, -0.1) is 0 Å². The molecule has 6 nitrogen and oxygen atoms in total. The molecule has 2 aromatic carbocycles. The molecule has 0 bridgehead atoms. The third kappa shape index (κ3) is 4.06. The van der Waals surface area contributed by atoms with Crippen molar-refractivity contribution < 1.29 is 47.7 Å². The molecule has 4 rings (SSSR count). The molecule has 1 unspecified atom stereocenters. The summed E-state index contributed by atoms with van der Waals surface area (Å²) in [7, 11) is 1.57. The van der Waals surface area contributed by atoms with E-state index in [0.717, 1.165) is 22.3 Å². The molecule has 2 aromatic rings. The number of rotatable bonds is 6. The second-order valence-electron chi connectivity index (χ2n) is 6.72. The van der Waals surface area contributed by atoms with Crippen molar-refractivity contribution in [2.45, 2.75) is 25.7 Å². The predicted octanol–water partition coefficient (Wildman–Crippen LogP) is -1.21. The van der Waals surface area contributed by atoms with Crippen LogP contribution in [0.3, 0.4) is 0 Å². The second kappa shape index (κ2) is 9.02. The molecule has 0 amide bonds. The number of carbonyl (C=O) groups is 1. The molecule has 1 fully saturated rings. The summed E-state index contributed by atoms with van der Waals surface area (Å²) in [5, 5.41) is 11.5. The zero-order valence-electron chi connectivity index (χ0n) is 16.1. The van der Waals surface area contributed by atoms with Crippen LogP contribution in [0.2, 0.25) is 0 Å². The van der Waals surface area contributed by atoms with Crippen molar-refractivity contribution in [2.24, 2.45) is 5.92 Å². The Bertz CT molecular complexity index is 833. The van der Waals surface area contributed by atoms with Gasteiger partial charge in [0.15, 0.2) is 6.29 Å². The van der Waals surface area contributed by atoms with E-state index >= 15 is 0 Å². The number of ether oxygens (including phenoxy) is 4. The Morgan fingerprint density at radius 3 is 2.43 bits per heavy atom. The van der Waals surface area contributed by atoms with E-state index in [9.17, 15) is 9.90 Å². The van der Waals surface area contributed by atoms with Crippen LogP contribution in [0.15, 0.2) is 36.4 Å². The standard InChI is InChI=1S/C21H22O6.Li/c1-24-17-11-18(27-12-13-5-3-2-4-6-13)19(21-25-7-8-26-21)16-10-14(20(22)23)9-15(16)17;/h2-6,11,14,21H,7-10,12H2,1H3,(H,22,23);/q;+1/p-1. The maximum atomic E-state index is 11.5. The molecular formula is C21H21LiO6. The van der Waals surface area contributed by atoms with Gasteiger partial charge in [0.25, 0.3) is 0 Å². The van der Waals surface area contributed by atoms with Gasteiger partial charge in [0, 0.05) is 18.0 Å². The van der Waals surface area contributed by atoms with E-state index in [1.165, 1.54) is 0 Å². The fourth-order valence-electron chi connectivity index (χ4n) is 3.75. The fraction of sp³-hybridized carbons (Fsp3) is 0.381. The van der Waals surface area contributed by atoms with Gasteiger partial charge in [-0.3, -0.25) is 0 Å². The zero-order valence-corrected chi connectivity index (χ0v) is 16.1. The van der Waals surface area contributed by atoms with E-state index in [0.29, 0.717) is 44.2 Å². The van der Waals surface area contributed by atoms with Crippen LogP contribution in [0.4, 0.5) is 0 Å². The summed E-state index contributed by atoms with van der Waals surface area (Å²) in [6.07, 6.45) is 0.171. The average Bonchev–Trinajstić information content (AvgIpc) is 3.36. The van der Waals surface area contributed by atoms with Gasteiger partial charge in [-0.2, -0.15) is 0 Å². The van der Waals surface area contributed by atoms with Crippen molar-refractivity contribution in [3.63, 3.8) is 0 Å². The number of methoxy groups -OCH3 is 1. The summed E-state index contributed by atoms with van der Waals surface area (Å²) in [6.45, 7) is 1.37. The number of hydrogen-bond acceptors (Lipinski definition) is 6. The van der Waals surface area contributed by atoms with E-state index in [1.54, 1.807) is 13.2 Å². The number of fused-ring (bicyclic) bond motifs is 1. The molecule has 142 valence electrons. The molecule has 0 saturated carbocycles. The molecule has 7 heteroatoms. The molecule has 2 aliphatic rings. The molecule has 1 atom stereocenters. The number of aliphatic carboxylic acids is 1. The van der Waals surface area contributed by atoms with Crippen molar-refractivity contribution in [2.75, 3.05) is 20.3 Å². The van der Waals surface area contributed by atoms with Crippen LogP contribution in [-0.2, 0) is 33.7 Å². The number of hydrogen-bond donors (Lipinski definition) is 0. The number of carboxylic acid groups (broad SMARTS) is 1. The number of benzene rings is 2. The molecule has 0 spiro atoms. The molecule has 0 N–H and O–H groups in total. The van der Waals surface area contributed by atoms with Gasteiger partial charge in [0.1, 0.15) is 18.1 Å². The summed E-state index contributed by atoms with van der Waals surface area (Å²) in [6, 6.07) is 11.6. The first-order valence-electron chi connectivity index (χ1n) is 9.00. The summed E-state index contributed by atoms with van der Waals surface area (Å²) >= 11 is 0. The molecule has 1 heterocycles. The molecular weight excluding hydrogens is 355 g/mol. The maximum absolute atomic E-state index is 11.5. The van der Waals surface area contributed by atoms with E-state index in [4.69, 9.17) is 18.9 Å². The van der Waals surface area contributed by atoms with E-state index in [-0.39, 0.29) is 18.9 Å². The molecule has 1 aliphatic heterocycles. The van der Waals surface area contributed by atoms with Gasteiger partial charge >= 0.3 is 18.9 Å². The molecule has 1 saturated heterocycles. The van der Waals surface area contributed by atoms with Crippen LogP contribution >= 0.6 is 0 Å². The Morgan fingerprint density at radius 1 is 1.11 bits per heavy atom. The van der Waals surface area contributed by atoms with Crippen LogP contribution < -0.4 is 33.4 Å². The smallest absolute Gasteiger partial charge is 0.550 e. The third-order valence-corrected chi connectivity index (χ3v) is 5.06. The van der Waals surface area contributed by atoms with Gasteiger partial charge < -0.3 is 28.8 Å². The summed E-state index contributed by atoms with van der Waals surface area (Å²) in [4.78, 5) is 11.5. The van der Waals surface area contributed by atoms with Crippen LogP contribution in [0.5, 0.6) is 11.5 Å². The van der Waals surface area contributed by atoms with Gasteiger partial charge in [-0.25, -0.2) is 0 Å². The van der Waals surface area contributed by atoms with Crippen LogP contribution in [0, 0.1) is 5.92 Å². The zero-order chi connectivity index (χ0) is 18.8. The Labute approximate surface area is 175 Å². The second-order valence-corrected chi connectivity index (χ2v) is 6.72. The van der Waals surface area contributed by atoms with Crippen LogP contribution in [0.25, 0.3) is 0 Å². The molecule has 1 aliphatic carbocycles. The number of carbonyl (C=O) groups excluding carboxylic acids is 1. The Kier molecular flexibility index (Phi) is 6.68. The number of carboxylic acids is 1. The minimum absolute atomic E-state index is 0. The van der Waals surface area contributed by atoms with Crippen LogP contribution in [-0.4, -0.2) is 26.3 Å². The monoisotopic (exact) mass is 376 g/mol. The van der Waals surface area contributed by atoms with E-state index in [2.05, 4.69) is 0 Å². The van der Waals surface area contributed by atoms with Crippen molar-refractivity contribution in [1.82, 2.24) is 0 Å². The topological polar surface area (TPSA) is 77.0 Å². The molecule has 0 radical (unpaired) electrons. The normalized spacial score (nSPS) is 18.4. The van der Waals surface area contributed by atoms with Crippen molar-refractivity contribution in [3.05, 3.63) is 58.7 Å². The van der Waals surface area contributed by atoms with Crippen molar-refractivity contribution in [3.8, 4) is 11.5 Å². The molecule has 28 heavy (non-hydrogen) atoms. The Hall–Kier alpha value is -1.97. The maximum Gasteiger partial charge on any atom is 1.00 e. The van der Waals surface area contributed by atoms with Gasteiger partial charge in [0.05, 0.1) is 25.9 Å². The first-order chi connectivity index (χ1) is 13.2. The fourth-order valence-corrected chi connectivity index (χ4v) is 3.75. The summed E-state index contributed by atoms with van der Waals surface area (Å²) in [5.41, 5.74) is 3.54. The SMILES string of the molecule is COc1cc(OCc2ccccc2)c(C2OCCO2)c2c1CC(C(=O)[O-])C2.[Li+]. The summed E-state index contributed by atoms with van der Waals surface area (Å²) < 4.78 is 23.1. The largest absolute Gasteiger partial charge is 1.00 e. The van der Waals surface area contributed by atoms with Gasteiger partial charge in [-0.1, -0.05) is 30.3 Å². The first kappa shape index (κ1) is 20.8. The Balaban J connectivity index is 0.00000225. The van der Waals surface area contributed by atoms with Crippen molar-refractivity contribution in [1.29, 1.82) is 0 Å². The predicted molar refractivity (Wildman–Crippen MR) is 94.3 cm³/mol. The van der Waals surface area contributed by atoms with E-state index < -0.39 is 18.2 Å². The summed E-state index contributed by atoms with van der Waals surface area (Å²) in [5.74, 6) is -0.420. The van der Waals surface area contributed by atoms with E-state index in [1.807, 2.05) is 30.3 Å². The third-order valence-electron chi connectivity index (χ3n) is 5.06. The van der Waals surface area contributed by atoms with Crippen molar-refractivity contribution >= 4 is 5.97 Å². The quantitative estimate of drug-likeness (QED) is 0.589. The molecule has 0 aromatic heterocycles. The minimum Gasteiger partial charge on any atom is -0.550 e.